The van der Waals surface area contributed by atoms with Crippen LogP contribution in [0.4, 0.5) is 0 Å². The highest BCUT2D eigenvalue weighted by Crippen LogP contribution is 2.35. The highest BCUT2D eigenvalue weighted by atomic mass is 32.2. The summed E-state index contributed by atoms with van der Waals surface area (Å²) in [7, 11) is 1.53. The number of nitrogens with zero attached hydrogens (tertiary/aromatic N) is 2. The number of carboxylic acid groups (broad SMARTS) is 1. The first-order chi connectivity index (χ1) is 12.6. The number of hydrogen-bond acceptors (Lipinski definition) is 8. The van der Waals surface area contributed by atoms with Gasteiger partial charge in [-0.2, -0.15) is 5.10 Å². The number of benzene rings is 1. The Labute approximate surface area is 153 Å². The van der Waals surface area contributed by atoms with Crippen LogP contribution in [0.3, 0.4) is 0 Å². The van der Waals surface area contributed by atoms with E-state index in [2.05, 4.69) is 15.5 Å². The number of methoxy groups -OCH3 is 1. The Balaban J connectivity index is 1.75. The maximum absolute atomic E-state index is 11.7. The molecule has 0 aliphatic carbocycles. The predicted octanol–water partition coefficient (Wildman–Crippen LogP) is 1.25. The molecule has 2 heterocycles. The molecule has 2 N–H and O–H groups in total. The third-order valence-electron chi connectivity index (χ3n) is 3.58. The van der Waals surface area contributed by atoms with Crippen molar-refractivity contribution >= 4 is 35.0 Å². The second kappa shape index (κ2) is 8.09. The van der Waals surface area contributed by atoms with Gasteiger partial charge in [0, 0.05) is 18.1 Å². The van der Waals surface area contributed by atoms with Crippen molar-refractivity contribution in [3.63, 3.8) is 0 Å². The standard InChI is InChI=1S/C16H17N3O6S/c1-23-10-6-12-11(24-3-2-4-25-12)5-9(10)8-17-19-16-18-15(22)13(26-16)7-14(20)21/h5-6,8,13H,2-4,7H2,1H3,(H,20,21)(H,18,19,22). The van der Waals surface area contributed by atoms with Gasteiger partial charge in [-0.15, -0.1) is 5.10 Å². The minimum Gasteiger partial charge on any atom is -0.496 e. The van der Waals surface area contributed by atoms with Crippen molar-refractivity contribution in [2.75, 3.05) is 20.3 Å². The number of fused-ring (bicyclic) bond motifs is 1. The molecule has 0 saturated carbocycles. The fraction of sp³-hybridized carbons (Fsp3) is 0.375. The SMILES string of the molecule is COc1cc2c(cc1C=NN=C1NC(=O)C(CC(=O)O)S1)OCCCO2. The summed E-state index contributed by atoms with van der Waals surface area (Å²) in [5.74, 6) is 0.323. The first-order valence-electron chi connectivity index (χ1n) is 7.85. The van der Waals surface area contributed by atoms with Crippen LogP contribution in [0.5, 0.6) is 17.2 Å². The van der Waals surface area contributed by atoms with E-state index in [1.165, 1.54) is 13.3 Å². The first kappa shape index (κ1) is 18.1. The third-order valence-corrected chi connectivity index (χ3v) is 4.65. The number of nitrogens with one attached hydrogen (secondary N) is 1. The van der Waals surface area contributed by atoms with E-state index in [0.29, 0.717) is 36.0 Å². The van der Waals surface area contributed by atoms with Crippen LogP contribution in [0, 0.1) is 0 Å². The minimum atomic E-state index is -1.04. The van der Waals surface area contributed by atoms with Crippen molar-refractivity contribution in [1.29, 1.82) is 0 Å². The second-order valence-corrected chi connectivity index (χ2v) is 6.63. The number of hydrogen-bond donors (Lipinski definition) is 2. The van der Waals surface area contributed by atoms with Gasteiger partial charge in [-0.3, -0.25) is 9.59 Å². The molecule has 10 heteroatoms. The molecular weight excluding hydrogens is 362 g/mol. The van der Waals surface area contributed by atoms with Crippen molar-refractivity contribution in [2.24, 2.45) is 10.2 Å². The zero-order valence-corrected chi connectivity index (χ0v) is 14.7. The number of aliphatic carboxylic acids is 1. The lowest BCUT2D eigenvalue weighted by atomic mass is 10.2. The quantitative estimate of drug-likeness (QED) is 0.584. The van der Waals surface area contributed by atoms with E-state index >= 15 is 0 Å². The number of amides is 1. The number of thioether (sulfide) groups is 1. The van der Waals surface area contributed by atoms with Crippen molar-refractivity contribution in [3.05, 3.63) is 17.7 Å². The van der Waals surface area contributed by atoms with Crippen molar-refractivity contribution in [2.45, 2.75) is 18.1 Å². The summed E-state index contributed by atoms with van der Waals surface area (Å²) >= 11 is 1.04. The van der Waals surface area contributed by atoms with Crippen LogP contribution in [0.1, 0.15) is 18.4 Å². The van der Waals surface area contributed by atoms with Gasteiger partial charge in [0.15, 0.2) is 16.7 Å². The van der Waals surface area contributed by atoms with Crippen molar-refractivity contribution < 1.29 is 28.9 Å². The van der Waals surface area contributed by atoms with Gasteiger partial charge >= 0.3 is 5.97 Å². The van der Waals surface area contributed by atoms with Gasteiger partial charge in [0.1, 0.15) is 11.0 Å². The number of carbonyl (C=O) groups excluding carboxylic acids is 1. The summed E-state index contributed by atoms with van der Waals surface area (Å²) < 4.78 is 16.6. The Morgan fingerprint density at radius 2 is 2.15 bits per heavy atom. The molecule has 1 aromatic rings. The summed E-state index contributed by atoms with van der Waals surface area (Å²) in [5.41, 5.74) is 0.637. The van der Waals surface area contributed by atoms with Gasteiger partial charge < -0.3 is 24.6 Å². The molecule has 9 nitrogen and oxygen atoms in total. The highest BCUT2D eigenvalue weighted by molar-refractivity contribution is 8.15. The zero-order valence-electron chi connectivity index (χ0n) is 13.9. The van der Waals surface area contributed by atoms with E-state index in [1.807, 2.05) is 0 Å². The van der Waals surface area contributed by atoms with Crippen LogP contribution in [0.25, 0.3) is 0 Å². The van der Waals surface area contributed by atoms with E-state index in [9.17, 15) is 9.59 Å². The van der Waals surface area contributed by atoms with Gasteiger partial charge in [0.05, 0.1) is 33.0 Å². The van der Waals surface area contributed by atoms with E-state index < -0.39 is 11.2 Å². The normalized spacial score (nSPS) is 20.9. The van der Waals surface area contributed by atoms with Crippen LogP contribution < -0.4 is 19.5 Å². The van der Waals surface area contributed by atoms with E-state index in [4.69, 9.17) is 19.3 Å². The van der Waals surface area contributed by atoms with E-state index in [1.54, 1.807) is 12.1 Å². The van der Waals surface area contributed by atoms with Gasteiger partial charge in [0.2, 0.25) is 5.91 Å². The third kappa shape index (κ3) is 4.26. The van der Waals surface area contributed by atoms with Crippen LogP contribution in [0.15, 0.2) is 22.3 Å². The number of carbonyl (C=O) groups is 2. The molecule has 0 aromatic heterocycles. The molecule has 1 saturated heterocycles. The maximum atomic E-state index is 11.7. The molecular formula is C16H17N3O6S. The molecule has 3 rings (SSSR count). The Bertz CT molecular complexity index is 779. The molecule has 1 atom stereocenters. The molecule has 0 bridgehead atoms. The summed E-state index contributed by atoms with van der Waals surface area (Å²) in [6.07, 6.45) is 2.00. The summed E-state index contributed by atoms with van der Waals surface area (Å²) in [6, 6.07) is 3.47. The number of ether oxygens (including phenoxy) is 3. The second-order valence-electron chi connectivity index (χ2n) is 5.43. The molecule has 1 amide bonds. The fourth-order valence-electron chi connectivity index (χ4n) is 2.37. The molecule has 1 unspecified atom stereocenters. The largest absolute Gasteiger partial charge is 0.496 e. The zero-order chi connectivity index (χ0) is 18.5. The van der Waals surface area contributed by atoms with Crippen LogP contribution in [-0.4, -0.2) is 53.9 Å². The average molecular weight is 379 g/mol. The average Bonchev–Trinajstić information content (AvgIpc) is 2.81. The lowest BCUT2D eigenvalue weighted by Crippen LogP contribution is -2.26. The number of amidine groups is 1. The van der Waals surface area contributed by atoms with Gasteiger partial charge in [-0.25, -0.2) is 0 Å². The Kier molecular flexibility index (Phi) is 5.61. The van der Waals surface area contributed by atoms with Crippen LogP contribution in [0.2, 0.25) is 0 Å². The maximum Gasteiger partial charge on any atom is 0.305 e. The molecule has 2 aliphatic rings. The Hall–Kier alpha value is -2.75. The summed E-state index contributed by atoms with van der Waals surface area (Å²) in [5, 5.41) is 18.7. The summed E-state index contributed by atoms with van der Waals surface area (Å²) in [6.45, 7) is 1.14. The van der Waals surface area contributed by atoms with Gasteiger partial charge in [-0.1, -0.05) is 11.8 Å². The molecule has 2 aliphatic heterocycles. The van der Waals surface area contributed by atoms with Crippen molar-refractivity contribution in [3.8, 4) is 17.2 Å². The molecule has 26 heavy (non-hydrogen) atoms. The topological polar surface area (TPSA) is 119 Å². The lowest BCUT2D eigenvalue weighted by molar-refractivity contribution is -0.138. The smallest absolute Gasteiger partial charge is 0.305 e. The molecule has 0 spiro atoms. The minimum absolute atomic E-state index is 0.255. The molecule has 1 fully saturated rings. The highest BCUT2D eigenvalue weighted by Gasteiger charge is 2.32. The Morgan fingerprint density at radius 1 is 1.42 bits per heavy atom. The van der Waals surface area contributed by atoms with Gasteiger partial charge in [0.25, 0.3) is 0 Å². The Morgan fingerprint density at radius 3 is 2.85 bits per heavy atom. The molecule has 0 radical (unpaired) electrons. The number of carboxylic acids is 1. The van der Waals surface area contributed by atoms with E-state index in [0.717, 1.165) is 18.2 Å². The van der Waals surface area contributed by atoms with Crippen LogP contribution >= 0.6 is 11.8 Å². The lowest BCUT2D eigenvalue weighted by Gasteiger charge is -2.11. The monoisotopic (exact) mass is 379 g/mol. The van der Waals surface area contributed by atoms with Crippen LogP contribution in [-0.2, 0) is 9.59 Å². The fourth-order valence-corrected chi connectivity index (χ4v) is 3.29. The van der Waals surface area contributed by atoms with E-state index in [-0.39, 0.29) is 17.5 Å². The molecule has 1 aromatic carbocycles. The van der Waals surface area contributed by atoms with Gasteiger partial charge in [-0.05, 0) is 6.07 Å². The number of rotatable bonds is 5. The first-order valence-corrected chi connectivity index (χ1v) is 8.72. The van der Waals surface area contributed by atoms with Crippen molar-refractivity contribution in [1.82, 2.24) is 5.32 Å². The summed E-state index contributed by atoms with van der Waals surface area (Å²) in [4.78, 5) is 22.4. The molecule has 138 valence electrons. The predicted molar refractivity (Wildman–Crippen MR) is 95.4 cm³/mol.